The maximum Gasteiger partial charge on any atom is 0.340 e. The first-order valence-electron chi connectivity index (χ1n) is 10.3. The minimum Gasteiger partial charge on any atom is -0.493 e. The number of ether oxygens (including phenoxy) is 4. The Morgan fingerprint density at radius 2 is 1.85 bits per heavy atom. The third-order valence-corrected chi connectivity index (χ3v) is 5.86. The molecule has 0 saturated heterocycles. The molecule has 0 fully saturated rings. The van der Waals surface area contributed by atoms with E-state index >= 15 is 0 Å². The normalized spacial score (nSPS) is 18.6. The summed E-state index contributed by atoms with van der Waals surface area (Å²) in [6.07, 6.45) is 1.30. The Morgan fingerprint density at radius 3 is 2.52 bits per heavy atom. The first-order chi connectivity index (χ1) is 16.1. The van der Waals surface area contributed by atoms with E-state index < -0.39 is 12.2 Å². The number of fused-ring (bicyclic) bond motifs is 3. The van der Waals surface area contributed by atoms with Crippen molar-refractivity contribution in [2.24, 2.45) is 5.10 Å². The molecule has 33 heavy (non-hydrogen) atoms. The van der Waals surface area contributed by atoms with E-state index in [1.807, 2.05) is 24.3 Å². The lowest BCUT2D eigenvalue weighted by Gasteiger charge is -2.39. The first-order valence-corrected chi connectivity index (χ1v) is 10.3. The third-order valence-electron chi connectivity index (χ3n) is 5.86. The van der Waals surface area contributed by atoms with Gasteiger partial charge in [0.25, 0.3) is 0 Å². The molecule has 0 radical (unpaired) electrons. The van der Waals surface area contributed by atoms with Crippen LogP contribution in [0.2, 0.25) is 0 Å². The number of benzene rings is 2. The van der Waals surface area contributed by atoms with Gasteiger partial charge >= 0.3 is 5.97 Å². The van der Waals surface area contributed by atoms with Gasteiger partial charge in [-0.1, -0.05) is 12.1 Å². The van der Waals surface area contributed by atoms with Crippen molar-refractivity contribution < 1.29 is 33.3 Å². The fraction of sp³-hybridized carbons (Fsp3) is 0.250. The molecule has 3 heterocycles. The van der Waals surface area contributed by atoms with E-state index in [0.29, 0.717) is 35.0 Å². The zero-order valence-corrected chi connectivity index (χ0v) is 18.3. The maximum absolute atomic E-state index is 12.3. The largest absolute Gasteiger partial charge is 0.493 e. The van der Waals surface area contributed by atoms with E-state index in [1.54, 1.807) is 36.6 Å². The zero-order chi connectivity index (χ0) is 23.1. The molecule has 3 aromatic rings. The lowest BCUT2D eigenvalue weighted by molar-refractivity contribution is -0.0217. The predicted octanol–water partition coefficient (Wildman–Crippen LogP) is 4.25. The number of aromatic carboxylic acids is 1. The third kappa shape index (κ3) is 3.24. The Kier molecular flexibility index (Phi) is 5.08. The van der Waals surface area contributed by atoms with Crippen molar-refractivity contribution in [3.8, 4) is 23.0 Å². The number of nitrogens with zero attached hydrogens (tertiary/aromatic N) is 2. The highest BCUT2D eigenvalue weighted by Crippen LogP contribution is 2.52. The molecule has 1 N–H and O–H groups in total. The number of hydrogen-bond acceptors (Lipinski definition) is 8. The van der Waals surface area contributed by atoms with Crippen molar-refractivity contribution in [2.75, 3.05) is 21.3 Å². The fourth-order valence-electron chi connectivity index (χ4n) is 4.41. The van der Waals surface area contributed by atoms with E-state index in [4.69, 9.17) is 28.5 Å². The number of hydrazone groups is 1. The number of carbonyl (C=O) groups is 1. The number of rotatable bonds is 6. The first kappa shape index (κ1) is 20.7. The number of furan rings is 1. The Bertz CT molecular complexity index is 1240. The summed E-state index contributed by atoms with van der Waals surface area (Å²) in [5.41, 5.74) is 1.96. The molecule has 0 aliphatic carbocycles. The van der Waals surface area contributed by atoms with Crippen LogP contribution in [0.3, 0.4) is 0 Å². The van der Waals surface area contributed by atoms with Crippen molar-refractivity contribution in [2.45, 2.75) is 18.7 Å². The van der Waals surface area contributed by atoms with Gasteiger partial charge in [-0.15, -0.1) is 0 Å². The number of methoxy groups -OCH3 is 3. The van der Waals surface area contributed by atoms with Crippen LogP contribution in [0.15, 0.2) is 58.2 Å². The summed E-state index contributed by atoms with van der Waals surface area (Å²) >= 11 is 0. The van der Waals surface area contributed by atoms with Gasteiger partial charge in [0.05, 0.1) is 33.6 Å². The van der Waals surface area contributed by atoms with E-state index in [-0.39, 0.29) is 17.4 Å². The monoisotopic (exact) mass is 450 g/mol. The highest BCUT2D eigenvalue weighted by molar-refractivity contribution is 5.99. The van der Waals surface area contributed by atoms with Crippen molar-refractivity contribution in [3.05, 3.63) is 71.2 Å². The van der Waals surface area contributed by atoms with Gasteiger partial charge in [0, 0.05) is 17.5 Å². The van der Waals surface area contributed by atoms with Gasteiger partial charge in [0.15, 0.2) is 23.0 Å². The molecule has 1 aromatic heterocycles. The summed E-state index contributed by atoms with van der Waals surface area (Å²) in [7, 11) is 4.43. The van der Waals surface area contributed by atoms with E-state index in [9.17, 15) is 9.90 Å². The van der Waals surface area contributed by atoms with Gasteiger partial charge in [-0.2, -0.15) is 5.10 Å². The maximum atomic E-state index is 12.3. The van der Waals surface area contributed by atoms with Crippen LogP contribution >= 0.6 is 0 Å². The van der Waals surface area contributed by atoms with Crippen LogP contribution < -0.4 is 18.9 Å². The topological polar surface area (TPSA) is 103 Å². The molecule has 0 unspecified atom stereocenters. The van der Waals surface area contributed by atoms with Gasteiger partial charge in [-0.05, 0) is 30.3 Å². The Hall–Kier alpha value is -4.14. The van der Waals surface area contributed by atoms with Gasteiger partial charge in [-0.25, -0.2) is 9.80 Å². The summed E-state index contributed by atoms with van der Waals surface area (Å²) < 4.78 is 28.2. The molecule has 0 spiro atoms. The van der Waals surface area contributed by atoms with Crippen LogP contribution in [-0.4, -0.2) is 43.1 Å². The van der Waals surface area contributed by atoms with Gasteiger partial charge < -0.3 is 28.5 Å². The standard InChI is InChI=1S/C24H22N2O7/c1-29-18-7-4-6-13-16-12-15(17-8-5-11-32-17)25-26(16)23(33-21(13)18)14-9-10-19(30-2)22(31-3)20(14)24(27)28/h4-11,16,23H,12H2,1-3H3,(H,27,28)/t16-,23+/m0/s1. The lowest BCUT2D eigenvalue weighted by atomic mass is 9.95. The summed E-state index contributed by atoms with van der Waals surface area (Å²) in [6, 6.07) is 12.4. The van der Waals surface area contributed by atoms with Crippen LogP contribution in [0.4, 0.5) is 0 Å². The SMILES string of the molecule is COc1cccc2c1O[C@H](c1ccc(OC)c(OC)c1C(=O)O)N1N=C(c3ccco3)C[C@@H]21. The second-order valence-corrected chi connectivity index (χ2v) is 7.54. The Labute approximate surface area is 189 Å². The van der Waals surface area contributed by atoms with Crippen molar-refractivity contribution >= 4 is 11.7 Å². The number of carboxylic acids is 1. The van der Waals surface area contributed by atoms with Crippen molar-refractivity contribution in [3.63, 3.8) is 0 Å². The van der Waals surface area contributed by atoms with E-state index in [1.165, 1.54) is 14.2 Å². The van der Waals surface area contributed by atoms with Gasteiger partial charge in [-0.3, -0.25) is 0 Å². The molecule has 0 saturated carbocycles. The molecule has 5 rings (SSSR count). The average Bonchev–Trinajstić information content (AvgIpc) is 3.52. The summed E-state index contributed by atoms with van der Waals surface area (Å²) in [6.45, 7) is 0. The second kappa shape index (κ2) is 8.09. The minimum atomic E-state index is -1.17. The van der Waals surface area contributed by atoms with Crippen LogP contribution in [-0.2, 0) is 0 Å². The molecule has 9 heteroatoms. The molecule has 2 aromatic carbocycles. The lowest BCUT2D eigenvalue weighted by Crippen LogP contribution is -2.35. The molecule has 170 valence electrons. The quantitative estimate of drug-likeness (QED) is 0.595. The smallest absolute Gasteiger partial charge is 0.340 e. The van der Waals surface area contributed by atoms with Crippen molar-refractivity contribution in [1.29, 1.82) is 0 Å². The summed E-state index contributed by atoms with van der Waals surface area (Å²) in [4.78, 5) is 12.3. The summed E-state index contributed by atoms with van der Waals surface area (Å²) in [5, 5.41) is 16.6. The number of hydrogen-bond donors (Lipinski definition) is 1. The average molecular weight is 450 g/mol. The van der Waals surface area contributed by atoms with Crippen LogP contribution in [0.25, 0.3) is 0 Å². The van der Waals surface area contributed by atoms with E-state index in [0.717, 1.165) is 11.3 Å². The Morgan fingerprint density at radius 1 is 1.03 bits per heavy atom. The number of carboxylic acid groups (broad SMARTS) is 1. The molecule has 2 aliphatic heterocycles. The Balaban J connectivity index is 1.71. The van der Waals surface area contributed by atoms with Crippen LogP contribution in [0.1, 0.15) is 45.9 Å². The van der Waals surface area contributed by atoms with Gasteiger partial charge in [0.2, 0.25) is 6.23 Å². The highest BCUT2D eigenvalue weighted by Gasteiger charge is 2.44. The molecular weight excluding hydrogens is 428 g/mol. The molecule has 2 atom stereocenters. The van der Waals surface area contributed by atoms with Crippen LogP contribution in [0.5, 0.6) is 23.0 Å². The fourth-order valence-corrected chi connectivity index (χ4v) is 4.41. The molecule has 9 nitrogen and oxygen atoms in total. The number of para-hydroxylation sites is 1. The van der Waals surface area contributed by atoms with Gasteiger partial charge in [0.1, 0.15) is 17.0 Å². The summed E-state index contributed by atoms with van der Waals surface area (Å²) in [5.74, 6) is 1.02. The van der Waals surface area contributed by atoms with Crippen molar-refractivity contribution in [1.82, 2.24) is 5.01 Å². The highest BCUT2D eigenvalue weighted by atomic mass is 16.5. The molecule has 2 aliphatic rings. The molecule has 0 bridgehead atoms. The zero-order valence-electron chi connectivity index (χ0n) is 18.3. The minimum absolute atomic E-state index is 0.0550. The van der Waals surface area contributed by atoms with Crippen LogP contribution in [0, 0.1) is 0 Å². The molecule has 0 amide bonds. The second-order valence-electron chi connectivity index (χ2n) is 7.54. The molecular formula is C24H22N2O7. The predicted molar refractivity (Wildman–Crippen MR) is 117 cm³/mol. The van der Waals surface area contributed by atoms with E-state index in [2.05, 4.69) is 0 Å².